The van der Waals surface area contributed by atoms with Crippen LogP contribution in [0.15, 0.2) is 0 Å². The SMILES string of the molecule is CCCC[C](CCC(=O)OCC)C(=O)OC. The van der Waals surface area contributed by atoms with Crippen molar-refractivity contribution in [3.63, 3.8) is 0 Å². The van der Waals surface area contributed by atoms with Gasteiger partial charge in [0.1, 0.15) is 0 Å². The largest absolute Gasteiger partial charge is 0.469 e. The zero-order valence-electron chi connectivity index (χ0n) is 10.4. The highest BCUT2D eigenvalue weighted by Crippen LogP contribution is 2.19. The Kier molecular flexibility index (Phi) is 8.58. The maximum absolute atomic E-state index is 11.4. The molecular formula is C12H21O4. The van der Waals surface area contributed by atoms with E-state index in [1.807, 2.05) is 0 Å². The Labute approximate surface area is 97.3 Å². The summed E-state index contributed by atoms with van der Waals surface area (Å²) < 4.78 is 9.48. The lowest BCUT2D eigenvalue weighted by molar-refractivity contribution is -0.143. The van der Waals surface area contributed by atoms with Crippen molar-refractivity contribution in [3.8, 4) is 0 Å². The first-order valence-electron chi connectivity index (χ1n) is 5.74. The molecule has 0 unspecified atom stereocenters. The van der Waals surface area contributed by atoms with Crippen molar-refractivity contribution in [2.75, 3.05) is 13.7 Å². The summed E-state index contributed by atoms with van der Waals surface area (Å²) in [7, 11) is 1.36. The van der Waals surface area contributed by atoms with Gasteiger partial charge in [0.2, 0.25) is 0 Å². The highest BCUT2D eigenvalue weighted by atomic mass is 16.5. The number of methoxy groups -OCH3 is 1. The summed E-state index contributed by atoms with van der Waals surface area (Å²) >= 11 is 0. The van der Waals surface area contributed by atoms with Crippen LogP contribution in [0.25, 0.3) is 0 Å². The van der Waals surface area contributed by atoms with Crippen LogP contribution in [0.3, 0.4) is 0 Å². The zero-order valence-corrected chi connectivity index (χ0v) is 10.4. The molecule has 0 aliphatic carbocycles. The molecule has 4 nitrogen and oxygen atoms in total. The number of carbonyl (C=O) groups is 2. The molecule has 0 aromatic heterocycles. The van der Waals surface area contributed by atoms with E-state index >= 15 is 0 Å². The van der Waals surface area contributed by atoms with E-state index in [2.05, 4.69) is 11.7 Å². The third kappa shape index (κ3) is 6.43. The van der Waals surface area contributed by atoms with Crippen LogP contribution in [0, 0.1) is 5.92 Å². The van der Waals surface area contributed by atoms with Gasteiger partial charge in [-0.25, -0.2) is 0 Å². The normalized spacial score (nSPS) is 10.2. The van der Waals surface area contributed by atoms with Gasteiger partial charge in [-0.2, -0.15) is 0 Å². The van der Waals surface area contributed by atoms with Gasteiger partial charge in [-0.15, -0.1) is 0 Å². The smallest absolute Gasteiger partial charge is 0.312 e. The lowest BCUT2D eigenvalue weighted by Gasteiger charge is -2.12. The second-order valence-corrected chi connectivity index (χ2v) is 3.50. The molecule has 0 atom stereocenters. The van der Waals surface area contributed by atoms with Gasteiger partial charge in [-0.05, 0) is 19.8 Å². The first-order valence-corrected chi connectivity index (χ1v) is 5.74. The topological polar surface area (TPSA) is 52.6 Å². The average Bonchev–Trinajstić information content (AvgIpc) is 2.28. The van der Waals surface area contributed by atoms with Crippen LogP contribution in [0.1, 0.15) is 46.0 Å². The third-order valence-corrected chi connectivity index (χ3v) is 2.24. The molecular weight excluding hydrogens is 208 g/mol. The van der Waals surface area contributed by atoms with Gasteiger partial charge in [0.15, 0.2) is 0 Å². The van der Waals surface area contributed by atoms with Crippen molar-refractivity contribution in [1.82, 2.24) is 0 Å². The van der Waals surface area contributed by atoms with Crippen LogP contribution in [-0.4, -0.2) is 25.7 Å². The number of unbranched alkanes of at least 4 members (excludes halogenated alkanes) is 1. The molecule has 93 valence electrons. The maximum atomic E-state index is 11.4. The summed E-state index contributed by atoms with van der Waals surface area (Å²) in [5.74, 6) is 0.107. The summed E-state index contributed by atoms with van der Waals surface area (Å²) in [6, 6.07) is 0. The minimum Gasteiger partial charge on any atom is -0.469 e. The third-order valence-electron chi connectivity index (χ3n) is 2.24. The minimum absolute atomic E-state index is 0.252. The second-order valence-electron chi connectivity index (χ2n) is 3.50. The second kappa shape index (κ2) is 9.19. The zero-order chi connectivity index (χ0) is 12.4. The van der Waals surface area contributed by atoms with E-state index < -0.39 is 0 Å². The number of esters is 2. The van der Waals surface area contributed by atoms with Crippen molar-refractivity contribution >= 4 is 11.9 Å². The predicted octanol–water partition coefficient (Wildman–Crippen LogP) is 2.27. The van der Waals surface area contributed by atoms with Gasteiger partial charge < -0.3 is 9.47 Å². The Morgan fingerprint density at radius 1 is 1.06 bits per heavy atom. The van der Waals surface area contributed by atoms with Crippen LogP contribution in [0.2, 0.25) is 0 Å². The molecule has 0 fully saturated rings. The van der Waals surface area contributed by atoms with Gasteiger partial charge >= 0.3 is 11.9 Å². The Morgan fingerprint density at radius 2 is 1.75 bits per heavy atom. The monoisotopic (exact) mass is 229 g/mol. The van der Waals surface area contributed by atoms with Crippen LogP contribution in [-0.2, 0) is 19.1 Å². The van der Waals surface area contributed by atoms with Gasteiger partial charge in [-0.1, -0.05) is 19.8 Å². The summed E-state index contributed by atoms with van der Waals surface area (Å²) in [5.41, 5.74) is 0. The van der Waals surface area contributed by atoms with Gasteiger partial charge in [-0.3, -0.25) is 9.59 Å². The fourth-order valence-electron chi connectivity index (χ4n) is 1.35. The summed E-state index contributed by atoms with van der Waals surface area (Å²) in [4.78, 5) is 22.5. The van der Waals surface area contributed by atoms with E-state index in [1.54, 1.807) is 6.92 Å². The molecule has 0 N–H and O–H groups in total. The van der Waals surface area contributed by atoms with Gasteiger partial charge in [0.25, 0.3) is 0 Å². The van der Waals surface area contributed by atoms with Crippen molar-refractivity contribution in [1.29, 1.82) is 0 Å². The van der Waals surface area contributed by atoms with E-state index in [9.17, 15) is 9.59 Å². The van der Waals surface area contributed by atoms with Crippen molar-refractivity contribution in [2.24, 2.45) is 0 Å². The Hall–Kier alpha value is -1.06. The molecule has 0 aliphatic rings. The number of hydrogen-bond donors (Lipinski definition) is 0. The van der Waals surface area contributed by atoms with Crippen LogP contribution < -0.4 is 0 Å². The standard InChI is InChI=1S/C12H21O4/c1-4-6-7-10(12(14)15-3)8-9-11(13)16-5-2/h4-9H2,1-3H3. The Morgan fingerprint density at radius 3 is 2.25 bits per heavy atom. The molecule has 0 amide bonds. The lowest BCUT2D eigenvalue weighted by Crippen LogP contribution is -2.16. The maximum Gasteiger partial charge on any atom is 0.312 e. The van der Waals surface area contributed by atoms with E-state index in [0.29, 0.717) is 25.4 Å². The Bertz CT molecular complexity index is 213. The summed E-state index contributed by atoms with van der Waals surface area (Å²) in [5, 5.41) is 0. The molecule has 0 spiro atoms. The number of rotatable bonds is 8. The van der Waals surface area contributed by atoms with E-state index in [1.165, 1.54) is 7.11 Å². The minimum atomic E-state index is -0.308. The van der Waals surface area contributed by atoms with E-state index in [4.69, 9.17) is 4.74 Å². The molecule has 0 rings (SSSR count). The summed E-state index contributed by atoms with van der Waals surface area (Å²) in [6.45, 7) is 4.20. The lowest BCUT2D eigenvalue weighted by atomic mass is 9.97. The molecule has 1 radical (unpaired) electrons. The number of carbonyl (C=O) groups excluding carboxylic acids is 2. The van der Waals surface area contributed by atoms with E-state index in [0.717, 1.165) is 12.8 Å². The molecule has 0 aliphatic heterocycles. The van der Waals surface area contributed by atoms with Crippen LogP contribution >= 0.6 is 0 Å². The first-order chi connectivity index (χ1) is 7.65. The van der Waals surface area contributed by atoms with Crippen molar-refractivity contribution in [3.05, 3.63) is 5.92 Å². The Balaban J connectivity index is 4.00. The molecule has 4 heteroatoms. The molecule has 16 heavy (non-hydrogen) atoms. The molecule has 0 aromatic carbocycles. The number of ether oxygens (including phenoxy) is 2. The summed E-state index contributed by atoms with van der Waals surface area (Å²) in [6.07, 6.45) is 3.34. The van der Waals surface area contributed by atoms with Crippen molar-refractivity contribution < 1.29 is 19.1 Å². The molecule has 0 bridgehead atoms. The molecule has 0 saturated heterocycles. The predicted molar refractivity (Wildman–Crippen MR) is 60.7 cm³/mol. The van der Waals surface area contributed by atoms with Crippen LogP contribution in [0.5, 0.6) is 0 Å². The average molecular weight is 229 g/mol. The fourth-order valence-corrected chi connectivity index (χ4v) is 1.35. The highest BCUT2D eigenvalue weighted by molar-refractivity contribution is 5.85. The molecule has 0 saturated carbocycles. The van der Waals surface area contributed by atoms with Crippen molar-refractivity contribution in [2.45, 2.75) is 46.0 Å². The van der Waals surface area contributed by atoms with Gasteiger partial charge in [0, 0.05) is 6.42 Å². The quantitative estimate of drug-likeness (QED) is 0.599. The molecule has 0 aromatic rings. The first kappa shape index (κ1) is 14.9. The van der Waals surface area contributed by atoms with Crippen LogP contribution in [0.4, 0.5) is 0 Å². The van der Waals surface area contributed by atoms with Gasteiger partial charge in [0.05, 0.1) is 19.6 Å². The number of hydrogen-bond acceptors (Lipinski definition) is 4. The fraction of sp³-hybridized carbons (Fsp3) is 0.750. The van der Waals surface area contributed by atoms with E-state index in [-0.39, 0.29) is 18.4 Å². The molecule has 0 heterocycles. The highest BCUT2D eigenvalue weighted by Gasteiger charge is 2.20.